The summed E-state index contributed by atoms with van der Waals surface area (Å²) in [7, 11) is 0. The summed E-state index contributed by atoms with van der Waals surface area (Å²) in [6.07, 6.45) is 1.33. The number of hydrogen-bond donors (Lipinski definition) is 1. The Kier molecular flexibility index (Phi) is 4.02. The molecule has 1 aliphatic heterocycles. The average molecular weight is 170 g/mol. The van der Waals surface area contributed by atoms with E-state index in [1.54, 1.807) is 0 Å². The Hall–Kier alpha value is -0.0800. The lowest BCUT2D eigenvalue weighted by atomic mass is 10.2. The van der Waals surface area contributed by atoms with Crippen molar-refractivity contribution >= 4 is 0 Å². The summed E-state index contributed by atoms with van der Waals surface area (Å²) in [6, 6.07) is 0.757. The molecule has 0 unspecified atom stereocenters. The molecule has 1 fully saturated rings. The fourth-order valence-corrected chi connectivity index (χ4v) is 1.69. The first kappa shape index (κ1) is 10.0. The molecular weight excluding hydrogens is 148 g/mol. The molecule has 1 N–H and O–H groups in total. The molecule has 12 heavy (non-hydrogen) atoms. The third-order valence-corrected chi connectivity index (χ3v) is 2.53. The van der Waals surface area contributed by atoms with Crippen LogP contribution in [0, 0.1) is 5.92 Å². The molecule has 0 radical (unpaired) electrons. The highest BCUT2D eigenvalue weighted by molar-refractivity contribution is 4.80. The smallest absolute Gasteiger partial charge is 0.0207 e. The summed E-state index contributed by atoms with van der Waals surface area (Å²) < 4.78 is 0. The monoisotopic (exact) mass is 170 g/mol. The lowest BCUT2D eigenvalue weighted by Gasteiger charge is -2.15. The quantitative estimate of drug-likeness (QED) is 0.684. The number of likely N-dealkylation sites (N-methyl/N-ethyl adjacent to an activating group) is 1. The van der Waals surface area contributed by atoms with Gasteiger partial charge in [0, 0.05) is 12.6 Å². The maximum Gasteiger partial charge on any atom is 0.0207 e. The van der Waals surface area contributed by atoms with Crippen LogP contribution in [0.1, 0.15) is 27.2 Å². The normalized spacial score (nSPS) is 25.5. The molecule has 1 rings (SSSR count). The first-order valence-electron chi connectivity index (χ1n) is 5.18. The third-order valence-electron chi connectivity index (χ3n) is 2.53. The van der Waals surface area contributed by atoms with Crippen molar-refractivity contribution in [3.8, 4) is 0 Å². The molecule has 1 saturated heterocycles. The van der Waals surface area contributed by atoms with Crippen LogP contribution in [0.15, 0.2) is 0 Å². The van der Waals surface area contributed by atoms with Gasteiger partial charge in [-0.1, -0.05) is 20.8 Å². The standard InChI is InChI=1S/C10H22N2/c1-4-12-6-5-10(8-12)11-7-9(2)3/h9-11H,4-8H2,1-3H3/t10-/m0/s1. The first-order valence-corrected chi connectivity index (χ1v) is 5.18. The highest BCUT2D eigenvalue weighted by Crippen LogP contribution is 2.08. The molecule has 0 aromatic rings. The molecule has 72 valence electrons. The van der Waals surface area contributed by atoms with Gasteiger partial charge in [-0.2, -0.15) is 0 Å². The van der Waals surface area contributed by atoms with Crippen LogP contribution in [0.5, 0.6) is 0 Å². The fourth-order valence-electron chi connectivity index (χ4n) is 1.69. The Morgan fingerprint density at radius 1 is 1.50 bits per heavy atom. The largest absolute Gasteiger partial charge is 0.312 e. The van der Waals surface area contributed by atoms with E-state index in [0.29, 0.717) is 0 Å². The molecule has 0 spiro atoms. The van der Waals surface area contributed by atoms with Gasteiger partial charge in [0.2, 0.25) is 0 Å². The minimum absolute atomic E-state index is 0.757. The molecular formula is C10H22N2. The Balaban J connectivity index is 2.11. The summed E-state index contributed by atoms with van der Waals surface area (Å²) in [5.74, 6) is 0.778. The number of nitrogens with zero attached hydrogens (tertiary/aromatic N) is 1. The van der Waals surface area contributed by atoms with Gasteiger partial charge in [0.15, 0.2) is 0 Å². The minimum Gasteiger partial charge on any atom is -0.312 e. The number of rotatable bonds is 4. The van der Waals surface area contributed by atoms with Gasteiger partial charge >= 0.3 is 0 Å². The van der Waals surface area contributed by atoms with Gasteiger partial charge in [0.25, 0.3) is 0 Å². The van der Waals surface area contributed by atoms with Crippen LogP contribution in [-0.2, 0) is 0 Å². The van der Waals surface area contributed by atoms with Gasteiger partial charge in [-0.15, -0.1) is 0 Å². The van der Waals surface area contributed by atoms with Gasteiger partial charge in [-0.25, -0.2) is 0 Å². The van der Waals surface area contributed by atoms with Crippen molar-refractivity contribution in [2.24, 2.45) is 5.92 Å². The molecule has 1 atom stereocenters. The number of nitrogens with one attached hydrogen (secondary N) is 1. The van der Waals surface area contributed by atoms with Gasteiger partial charge < -0.3 is 10.2 Å². The lowest BCUT2D eigenvalue weighted by Crippen LogP contribution is -2.34. The second-order valence-electron chi connectivity index (χ2n) is 4.18. The molecule has 2 heteroatoms. The summed E-state index contributed by atoms with van der Waals surface area (Å²) in [5, 5.41) is 3.60. The van der Waals surface area contributed by atoms with E-state index in [0.717, 1.165) is 12.0 Å². The predicted octanol–water partition coefficient (Wildman–Crippen LogP) is 1.33. The summed E-state index contributed by atoms with van der Waals surface area (Å²) in [4.78, 5) is 2.51. The van der Waals surface area contributed by atoms with Crippen molar-refractivity contribution in [1.29, 1.82) is 0 Å². The van der Waals surface area contributed by atoms with Gasteiger partial charge in [-0.05, 0) is 32.0 Å². The zero-order valence-electron chi connectivity index (χ0n) is 8.64. The highest BCUT2D eigenvalue weighted by atomic mass is 15.2. The van der Waals surface area contributed by atoms with E-state index >= 15 is 0 Å². The molecule has 0 bridgehead atoms. The van der Waals surface area contributed by atoms with Crippen LogP contribution >= 0.6 is 0 Å². The second kappa shape index (κ2) is 4.83. The third kappa shape index (κ3) is 3.11. The van der Waals surface area contributed by atoms with E-state index in [9.17, 15) is 0 Å². The Labute approximate surface area is 76.3 Å². The zero-order chi connectivity index (χ0) is 8.97. The van der Waals surface area contributed by atoms with Crippen LogP contribution in [0.2, 0.25) is 0 Å². The second-order valence-corrected chi connectivity index (χ2v) is 4.18. The van der Waals surface area contributed by atoms with Gasteiger partial charge in [-0.3, -0.25) is 0 Å². The van der Waals surface area contributed by atoms with Crippen molar-refractivity contribution in [3.05, 3.63) is 0 Å². The van der Waals surface area contributed by atoms with Gasteiger partial charge in [0.05, 0.1) is 0 Å². The van der Waals surface area contributed by atoms with Crippen molar-refractivity contribution < 1.29 is 0 Å². The molecule has 0 aromatic carbocycles. The van der Waals surface area contributed by atoms with Crippen LogP contribution < -0.4 is 5.32 Å². The molecule has 1 aliphatic rings. The van der Waals surface area contributed by atoms with Crippen LogP contribution in [0.25, 0.3) is 0 Å². The molecule has 2 nitrogen and oxygen atoms in total. The highest BCUT2D eigenvalue weighted by Gasteiger charge is 2.20. The zero-order valence-corrected chi connectivity index (χ0v) is 8.64. The molecule has 0 amide bonds. The Morgan fingerprint density at radius 3 is 2.75 bits per heavy atom. The van der Waals surface area contributed by atoms with Crippen molar-refractivity contribution in [1.82, 2.24) is 10.2 Å². The van der Waals surface area contributed by atoms with Crippen LogP contribution in [-0.4, -0.2) is 37.1 Å². The first-order chi connectivity index (χ1) is 5.72. The van der Waals surface area contributed by atoms with Crippen LogP contribution in [0.4, 0.5) is 0 Å². The Bertz CT molecular complexity index is 123. The van der Waals surface area contributed by atoms with Crippen molar-refractivity contribution in [2.45, 2.75) is 33.2 Å². The summed E-state index contributed by atoms with van der Waals surface area (Å²) in [5.41, 5.74) is 0. The SMILES string of the molecule is CCN1CC[C@H](NCC(C)C)C1. The predicted molar refractivity (Wildman–Crippen MR) is 53.4 cm³/mol. The van der Waals surface area contributed by atoms with E-state index < -0.39 is 0 Å². The van der Waals surface area contributed by atoms with Gasteiger partial charge in [0.1, 0.15) is 0 Å². The van der Waals surface area contributed by atoms with Crippen molar-refractivity contribution in [3.63, 3.8) is 0 Å². The maximum absolute atomic E-state index is 3.60. The van der Waals surface area contributed by atoms with Crippen molar-refractivity contribution in [2.75, 3.05) is 26.2 Å². The Morgan fingerprint density at radius 2 is 2.25 bits per heavy atom. The molecule has 0 aliphatic carbocycles. The maximum atomic E-state index is 3.60. The summed E-state index contributed by atoms with van der Waals surface area (Å²) in [6.45, 7) is 11.7. The van der Waals surface area contributed by atoms with E-state index in [1.807, 2.05) is 0 Å². The fraction of sp³-hybridized carbons (Fsp3) is 1.00. The average Bonchev–Trinajstić information content (AvgIpc) is 2.48. The summed E-state index contributed by atoms with van der Waals surface area (Å²) >= 11 is 0. The molecule has 1 heterocycles. The van der Waals surface area contributed by atoms with E-state index in [4.69, 9.17) is 0 Å². The molecule has 0 saturated carbocycles. The minimum atomic E-state index is 0.757. The van der Waals surface area contributed by atoms with E-state index in [2.05, 4.69) is 31.0 Å². The number of hydrogen-bond acceptors (Lipinski definition) is 2. The lowest BCUT2D eigenvalue weighted by molar-refractivity contribution is 0.343. The number of likely N-dealkylation sites (tertiary alicyclic amines) is 1. The topological polar surface area (TPSA) is 15.3 Å². The van der Waals surface area contributed by atoms with Crippen LogP contribution in [0.3, 0.4) is 0 Å². The van der Waals surface area contributed by atoms with E-state index in [-0.39, 0.29) is 0 Å². The molecule has 0 aromatic heterocycles. The van der Waals surface area contributed by atoms with E-state index in [1.165, 1.54) is 32.6 Å².